The SMILES string of the molecule is CCOC(=O)c1ccc(OCC(=O)NC2CCCC(C)C2C)cc1. The molecule has 0 heterocycles. The Hall–Kier alpha value is -2.04. The summed E-state index contributed by atoms with van der Waals surface area (Å²) in [6.45, 7) is 6.53. The van der Waals surface area contributed by atoms with Gasteiger partial charge in [-0.1, -0.05) is 26.7 Å². The van der Waals surface area contributed by atoms with Crippen molar-refractivity contribution in [3.05, 3.63) is 29.8 Å². The molecule has 2 rings (SSSR count). The van der Waals surface area contributed by atoms with E-state index >= 15 is 0 Å². The number of hydrogen-bond donors (Lipinski definition) is 1. The lowest BCUT2D eigenvalue weighted by molar-refractivity contribution is -0.124. The van der Waals surface area contributed by atoms with E-state index < -0.39 is 0 Å². The lowest BCUT2D eigenvalue weighted by Gasteiger charge is -2.34. The molecule has 1 aromatic carbocycles. The third-order valence-electron chi connectivity index (χ3n) is 4.79. The first-order chi connectivity index (χ1) is 11.5. The average molecular weight is 333 g/mol. The number of carbonyl (C=O) groups is 2. The fourth-order valence-electron chi connectivity index (χ4n) is 3.08. The molecule has 0 bridgehead atoms. The summed E-state index contributed by atoms with van der Waals surface area (Å²) in [5.41, 5.74) is 0.471. The van der Waals surface area contributed by atoms with Crippen LogP contribution >= 0.6 is 0 Å². The highest BCUT2D eigenvalue weighted by Crippen LogP contribution is 2.29. The van der Waals surface area contributed by atoms with Gasteiger partial charge in [0, 0.05) is 6.04 Å². The van der Waals surface area contributed by atoms with Gasteiger partial charge in [0.2, 0.25) is 0 Å². The Labute approximate surface area is 143 Å². The molecule has 1 fully saturated rings. The van der Waals surface area contributed by atoms with Crippen LogP contribution in [0.1, 0.15) is 50.4 Å². The number of nitrogens with one attached hydrogen (secondary N) is 1. The summed E-state index contributed by atoms with van der Waals surface area (Å²) in [5, 5.41) is 3.08. The van der Waals surface area contributed by atoms with Gasteiger partial charge in [-0.25, -0.2) is 4.79 Å². The summed E-state index contributed by atoms with van der Waals surface area (Å²) >= 11 is 0. The van der Waals surface area contributed by atoms with Crippen LogP contribution < -0.4 is 10.1 Å². The van der Waals surface area contributed by atoms with E-state index in [-0.39, 0.29) is 24.5 Å². The lowest BCUT2D eigenvalue weighted by atomic mass is 9.78. The van der Waals surface area contributed by atoms with Crippen molar-refractivity contribution in [3.63, 3.8) is 0 Å². The number of benzene rings is 1. The fourth-order valence-corrected chi connectivity index (χ4v) is 3.08. The molecule has 1 aliphatic carbocycles. The molecule has 3 unspecified atom stereocenters. The van der Waals surface area contributed by atoms with E-state index in [2.05, 4.69) is 19.2 Å². The monoisotopic (exact) mass is 333 g/mol. The minimum atomic E-state index is -0.359. The average Bonchev–Trinajstić information content (AvgIpc) is 2.58. The zero-order valence-corrected chi connectivity index (χ0v) is 14.7. The Morgan fingerprint density at radius 1 is 1.17 bits per heavy atom. The van der Waals surface area contributed by atoms with Gasteiger partial charge in [-0.3, -0.25) is 4.79 Å². The van der Waals surface area contributed by atoms with Gasteiger partial charge in [-0.05, 0) is 49.4 Å². The second kappa shape index (κ2) is 8.71. The highest BCUT2D eigenvalue weighted by atomic mass is 16.5. The minimum Gasteiger partial charge on any atom is -0.484 e. The minimum absolute atomic E-state index is 0.0175. The largest absolute Gasteiger partial charge is 0.484 e. The lowest BCUT2D eigenvalue weighted by Crippen LogP contribution is -2.45. The zero-order valence-electron chi connectivity index (χ0n) is 14.7. The van der Waals surface area contributed by atoms with Crippen LogP contribution in [-0.2, 0) is 9.53 Å². The van der Waals surface area contributed by atoms with Gasteiger partial charge < -0.3 is 14.8 Å². The Kier molecular flexibility index (Phi) is 6.64. The second-order valence-corrected chi connectivity index (χ2v) is 6.47. The standard InChI is InChI=1S/C19H27NO4/c1-4-23-19(22)15-8-10-16(11-9-15)24-12-18(21)20-17-7-5-6-13(2)14(17)3/h8-11,13-14,17H,4-7,12H2,1-3H3,(H,20,21). The molecule has 0 radical (unpaired) electrons. The molecule has 1 amide bonds. The molecule has 0 saturated heterocycles. The number of carbonyl (C=O) groups excluding carboxylic acids is 2. The van der Waals surface area contributed by atoms with Gasteiger partial charge in [-0.15, -0.1) is 0 Å². The summed E-state index contributed by atoms with van der Waals surface area (Å²) in [6.07, 6.45) is 3.43. The number of ether oxygens (including phenoxy) is 2. The Morgan fingerprint density at radius 3 is 2.54 bits per heavy atom. The highest BCUT2D eigenvalue weighted by Gasteiger charge is 2.28. The topological polar surface area (TPSA) is 64.6 Å². The van der Waals surface area contributed by atoms with E-state index in [1.165, 1.54) is 6.42 Å². The predicted octanol–water partition coefficient (Wildman–Crippen LogP) is 3.18. The molecule has 1 saturated carbocycles. The molecular formula is C19H27NO4. The van der Waals surface area contributed by atoms with Gasteiger partial charge in [0.1, 0.15) is 5.75 Å². The van der Waals surface area contributed by atoms with Crippen LogP contribution in [0.25, 0.3) is 0 Å². The van der Waals surface area contributed by atoms with Crippen LogP contribution in [0, 0.1) is 11.8 Å². The molecule has 5 heteroatoms. The highest BCUT2D eigenvalue weighted by molar-refractivity contribution is 5.89. The Bertz CT molecular complexity index is 555. The van der Waals surface area contributed by atoms with Gasteiger partial charge in [0.15, 0.2) is 6.61 Å². The first-order valence-electron chi connectivity index (χ1n) is 8.70. The van der Waals surface area contributed by atoms with Crippen molar-refractivity contribution in [1.82, 2.24) is 5.32 Å². The molecule has 1 aromatic rings. The van der Waals surface area contributed by atoms with Crippen molar-refractivity contribution in [2.75, 3.05) is 13.2 Å². The van der Waals surface area contributed by atoms with Crippen molar-refractivity contribution < 1.29 is 19.1 Å². The molecule has 0 spiro atoms. The first-order valence-corrected chi connectivity index (χ1v) is 8.70. The molecule has 24 heavy (non-hydrogen) atoms. The van der Waals surface area contributed by atoms with Crippen molar-refractivity contribution in [2.24, 2.45) is 11.8 Å². The molecular weight excluding hydrogens is 306 g/mol. The molecule has 132 valence electrons. The summed E-state index contributed by atoms with van der Waals surface area (Å²) in [5.74, 6) is 1.23. The first kappa shape index (κ1) is 18.3. The van der Waals surface area contributed by atoms with Crippen LogP contribution in [0.3, 0.4) is 0 Å². The normalized spacial score (nSPS) is 23.4. The summed E-state index contributed by atoms with van der Waals surface area (Å²) < 4.78 is 10.4. The number of esters is 1. The number of amides is 1. The second-order valence-electron chi connectivity index (χ2n) is 6.47. The molecule has 5 nitrogen and oxygen atoms in total. The quantitative estimate of drug-likeness (QED) is 0.812. The third kappa shape index (κ3) is 4.98. The van der Waals surface area contributed by atoms with Gasteiger partial charge >= 0.3 is 5.97 Å². The van der Waals surface area contributed by atoms with E-state index in [0.29, 0.717) is 29.8 Å². The maximum atomic E-state index is 12.1. The molecule has 0 aliphatic heterocycles. The van der Waals surface area contributed by atoms with Crippen LogP contribution in [0.2, 0.25) is 0 Å². The zero-order chi connectivity index (χ0) is 17.5. The van der Waals surface area contributed by atoms with E-state index in [1.54, 1.807) is 31.2 Å². The summed E-state index contributed by atoms with van der Waals surface area (Å²) in [7, 11) is 0. The van der Waals surface area contributed by atoms with Crippen molar-refractivity contribution in [2.45, 2.75) is 46.1 Å². The van der Waals surface area contributed by atoms with Crippen molar-refractivity contribution >= 4 is 11.9 Å². The van der Waals surface area contributed by atoms with Crippen LogP contribution in [0.4, 0.5) is 0 Å². The van der Waals surface area contributed by atoms with E-state index in [0.717, 1.165) is 12.8 Å². The van der Waals surface area contributed by atoms with E-state index in [4.69, 9.17) is 9.47 Å². The molecule has 1 N–H and O–H groups in total. The van der Waals surface area contributed by atoms with Gasteiger partial charge in [0.05, 0.1) is 12.2 Å². The Balaban J connectivity index is 1.80. The van der Waals surface area contributed by atoms with Crippen LogP contribution in [0.15, 0.2) is 24.3 Å². The predicted molar refractivity (Wildman–Crippen MR) is 92.0 cm³/mol. The van der Waals surface area contributed by atoms with Gasteiger partial charge in [-0.2, -0.15) is 0 Å². The maximum Gasteiger partial charge on any atom is 0.338 e. The summed E-state index contributed by atoms with van der Waals surface area (Å²) in [6, 6.07) is 6.85. The van der Waals surface area contributed by atoms with Crippen molar-refractivity contribution in [3.8, 4) is 5.75 Å². The van der Waals surface area contributed by atoms with Crippen molar-refractivity contribution in [1.29, 1.82) is 0 Å². The third-order valence-corrected chi connectivity index (χ3v) is 4.79. The molecule has 1 aliphatic rings. The smallest absolute Gasteiger partial charge is 0.338 e. The summed E-state index contributed by atoms with van der Waals surface area (Å²) in [4.78, 5) is 23.7. The number of hydrogen-bond acceptors (Lipinski definition) is 4. The Morgan fingerprint density at radius 2 is 1.88 bits per heavy atom. The molecule has 3 atom stereocenters. The number of rotatable bonds is 6. The van der Waals surface area contributed by atoms with Crippen LogP contribution in [0.5, 0.6) is 5.75 Å². The van der Waals surface area contributed by atoms with E-state index in [1.807, 2.05) is 0 Å². The maximum absolute atomic E-state index is 12.1. The molecule has 0 aromatic heterocycles. The fraction of sp³-hybridized carbons (Fsp3) is 0.579. The van der Waals surface area contributed by atoms with E-state index in [9.17, 15) is 9.59 Å². The van der Waals surface area contributed by atoms with Gasteiger partial charge in [0.25, 0.3) is 5.91 Å². The van der Waals surface area contributed by atoms with Crippen LogP contribution in [-0.4, -0.2) is 31.1 Å².